The number of methoxy groups -OCH3 is 1. The van der Waals surface area contributed by atoms with Gasteiger partial charge in [-0.15, -0.1) is 0 Å². The summed E-state index contributed by atoms with van der Waals surface area (Å²) in [5.74, 6) is 2.19. The summed E-state index contributed by atoms with van der Waals surface area (Å²) in [6, 6.07) is 5.96. The first kappa shape index (κ1) is 17.9. The summed E-state index contributed by atoms with van der Waals surface area (Å²) in [5.41, 5.74) is 5.76. The third-order valence-electron chi connectivity index (χ3n) is 5.41. The van der Waals surface area contributed by atoms with Gasteiger partial charge in [-0.1, -0.05) is 13.8 Å². The molecule has 8 heteroatoms. The maximum Gasteiger partial charge on any atom is 0.213 e. The molecule has 1 aliphatic heterocycles. The number of aromatic amines is 1. The molecule has 0 radical (unpaired) electrons. The minimum Gasteiger partial charge on any atom is -0.493 e. The zero-order valence-electron chi connectivity index (χ0n) is 16.8. The van der Waals surface area contributed by atoms with Crippen LogP contribution in [0.15, 0.2) is 30.7 Å². The van der Waals surface area contributed by atoms with Gasteiger partial charge in [0.2, 0.25) is 5.88 Å². The molecule has 4 aromatic heterocycles. The van der Waals surface area contributed by atoms with E-state index < -0.39 is 0 Å². The van der Waals surface area contributed by atoms with E-state index in [-0.39, 0.29) is 5.92 Å². The Labute approximate surface area is 168 Å². The monoisotopic (exact) mass is 392 g/mol. The van der Waals surface area contributed by atoms with Gasteiger partial charge in [-0.2, -0.15) is 5.10 Å². The average Bonchev–Trinajstić information content (AvgIpc) is 3.29. The topological polar surface area (TPSA) is 89.4 Å². The van der Waals surface area contributed by atoms with Crippen molar-refractivity contribution in [2.75, 3.05) is 26.8 Å². The smallest absolute Gasteiger partial charge is 0.213 e. The van der Waals surface area contributed by atoms with Gasteiger partial charge >= 0.3 is 0 Å². The van der Waals surface area contributed by atoms with Crippen molar-refractivity contribution in [3.63, 3.8) is 0 Å². The molecule has 150 valence electrons. The predicted molar refractivity (Wildman–Crippen MR) is 111 cm³/mol. The van der Waals surface area contributed by atoms with E-state index in [4.69, 9.17) is 14.5 Å². The van der Waals surface area contributed by atoms with Gasteiger partial charge in [0.1, 0.15) is 6.33 Å². The molecule has 8 nitrogen and oxygen atoms in total. The Kier molecular flexibility index (Phi) is 4.35. The first-order chi connectivity index (χ1) is 14.1. The Morgan fingerprint density at radius 1 is 1.28 bits per heavy atom. The van der Waals surface area contributed by atoms with Crippen LogP contribution in [0.3, 0.4) is 0 Å². The van der Waals surface area contributed by atoms with Gasteiger partial charge in [-0.25, -0.2) is 14.5 Å². The zero-order chi connectivity index (χ0) is 20.0. The van der Waals surface area contributed by atoms with Gasteiger partial charge in [0.05, 0.1) is 30.4 Å². The molecule has 0 spiro atoms. The molecule has 4 aromatic rings. The Morgan fingerprint density at radius 3 is 2.86 bits per heavy atom. The first-order valence-corrected chi connectivity index (χ1v) is 9.88. The fraction of sp³-hybridized carbons (Fsp3) is 0.381. The molecule has 1 fully saturated rings. The molecular formula is C21H24N6O2. The highest BCUT2D eigenvalue weighted by atomic mass is 16.5. The summed E-state index contributed by atoms with van der Waals surface area (Å²) < 4.78 is 13.2. The van der Waals surface area contributed by atoms with Gasteiger partial charge in [0, 0.05) is 42.4 Å². The molecule has 0 amide bonds. The molecule has 1 aliphatic rings. The van der Waals surface area contributed by atoms with Crippen LogP contribution >= 0.6 is 0 Å². The molecular weight excluding hydrogens is 368 g/mol. The largest absolute Gasteiger partial charge is 0.493 e. The number of H-pyrrole nitrogens is 1. The van der Waals surface area contributed by atoms with Gasteiger partial charge < -0.3 is 19.8 Å². The Morgan fingerprint density at radius 2 is 2.14 bits per heavy atom. The lowest BCUT2D eigenvalue weighted by atomic mass is 9.99. The van der Waals surface area contributed by atoms with E-state index in [9.17, 15) is 0 Å². The van der Waals surface area contributed by atoms with Crippen LogP contribution in [-0.4, -0.2) is 51.4 Å². The Hall–Kier alpha value is -3.13. The van der Waals surface area contributed by atoms with Crippen LogP contribution in [0, 0.1) is 5.92 Å². The summed E-state index contributed by atoms with van der Waals surface area (Å²) in [6.07, 6.45) is 3.49. The number of hydrogen-bond acceptors (Lipinski definition) is 6. The van der Waals surface area contributed by atoms with Crippen molar-refractivity contribution in [1.29, 1.82) is 0 Å². The Bertz CT molecular complexity index is 1170. The van der Waals surface area contributed by atoms with Crippen molar-refractivity contribution in [3.8, 4) is 22.9 Å². The van der Waals surface area contributed by atoms with Crippen LogP contribution in [0.25, 0.3) is 27.9 Å². The van der Waals surface area contributed by atoms with Gasteiger partial charge in [-0.3, -0.25) is 0 Å². The summed E-state index contributed by atoms with van der Waals surface area (Å²) in [5, 5.41) is 7.55. The molecule has 0 unspecified atom stereocenters. The zero-order valence-corrected chi connectivity index (χ0v) is 16.8. The van der Waals surface area contributed by atoms with E-state index in [1.807, 2.05) is 24.4 Å². The van der Waals surface area contributed by atoms with E-state index in [1.165, 1.54) is 6.33 Å². The van der Waals surface area contributed by atoms with Crippen LogP contribution in [0.2, 0.25) is 0 Å². The molecule has 0 saturated carbocycles. The van der Waals surface area contributed by atoms with Crippen LogP contribution in [0.4, 0.5) is 0 Å². The lowest BCUT2D eigenvalue weighted by Gasteiger charge is -2.26. The van der Waals surface area contributed by atoms with Crippen molar-refractivity contribution in [2.24, 2.45) is 5.92 Å². The highest BCUT2D eigenvalue weighted by Crippen LogP contribution is 2.37. The van der Waals surface area contributed by atoms with Crippen molar-refractivity contribution in [1.82, 2.24) is 29.9 Å². The standard InChI is InChI=1S/C21H24N6O2/c1-12(2)18-19(14-6-16(28-3)21-23-11-24-27(21)9-14)25-15-4-5-17(26-20(15)18)29-10-13-7-22-8-13/h4-6,9,11-13,22,25H,7-8,10H2,1-3H3. The molecule has 0 atom stereocenters. The minimum absolute atomic E-state index is 0.273. The Balaban J connectivity index is 1.60. The quantitative estimate of drug-likeness (QED) is 0.524. The maximum absolute atomic E-state index is 5.94. The maximum atomic E-state index is 5.94. The fourth-order valence-electron chi connectivity index (χ4n) is 3.79. The summed E-state index contributed by atoms with van der Waals surface area (Å²) in [4.78, 5) is 12.6. The molecule has 1 saturated heterocycles. The predicted octanol–water partition coefficient (Wildman–Crippen LogP) is 3.00. The second kappa shape index (κ2) is 7.04. The van der Waals surface area contributed by atoms with E-state index in [1.54, 1.807) is 11.6 Å². The number of nitrogens with zero attached hydrogens (tertiary/aromatic N) is 4. The van der Waals surface area contributed by atoms with E-state index in [2.05, 4.69) is 34.2 Å². The number of fused-ring (bicyclic) bond motifs is 2. The second-order valence-corrected chi connectivity index (χ2v) is 7.77. The minimum atomic E-state index is 0.273. The molecule has 5 heterocycles. The molecule has 2 N–H and O–H groups in total. The van der Waals surface area contributed by atoms with Crippen LogP contribution in [-0.2, 0) is 0 Å². The van der Waals surface area contributed by atoms with Crippen molar-refractivity contribution in [2.45, 2.75) is 19.8 Å². The fourth-order valence-corrected chi connectivity index (χ4v) is 3.79. The van der Waals surface area contributed by atoms with Crippen LogP contribution in [0.1, 0.15) is 25.3 Å². The summed E-state index contributed by atoms with van der Waals surface area (Å²) >= 11 is 0. The van der Waals surface area contributed by atoms with E-state index in [0.29, 0.717) is 29.8 Å². The molecule has 0 bridgehead atoms. The summed E-state index contributed by atoms with van der Waals surface area (Å²) in [7, 11) is 1.64. The average molecular weight is 392 g/mol. The van der Waals surface area contributed by atoms with Crippen molar-refractivity contribution in [3.05, 3.63) is 36.3 Å². The third-order valence-corrected chi connectivity index (χ3v) is 5.41. The van der Waals surface area contributed by atoms with E-state index >= 15 is 0 Å². The lowest BCUT2D eigenvalue weighted by molar-refractivity contribution is 0.194. The third kappa shape index (κ3) is 3.09. The number of nitrogens with one attached hydrogen (secondary N) is 2. The molecule has 29 heavy (non-hydrogen) atoms. The number of hydrogen-bond donors (Lipinski definition) is 2. The lowest BCUT2D eigenvalue weighted by Crippen LogP contribution is -2.45. The van der Waals surface area contributed by atoms with Crippen LogP contribution < -0.4 is 14.8 Å². The number of pyridine rings is 2. The van der Waals surface area contributed by atoms with Gasteiger partial charge in [0.25, 0.3) is 0 Å². The highest BCUT2D eigenvalue weighted by Gasteiger charge is 2.21. The van der Waals surface area contributed by atoms with Gasteiger partial charge in [-0.05, 0) is 18.1 Å². The SMILES string of the molecule is COc1cc(-c2[nH]c3ccc(OCC4CNC4)nc3c2C(C)C)cn2ncnc12. The van der Waals surface area contributed by atoms with Crippen LogP contribution in [0.5, 0.6) is 11.6 Å². The first-order valence-electron chi connectivity index (χ1n) is 9.88. The van der Waals surface area contributed by atoms with Crippen molar-refractivity contribution >= 4 is 16.7 Å². The summed E-state index contributed by atoms with van der Waals surface area (Å²) in [6.45, 7) is 7.07. The molecule has 0 aliphatic carbocycles. The van der Waals surface area contributed by atoms with Gasteiger partial charge in [0.15, 0.2) is 11.4 Å². The second-order valence-electron chi connectivity index (χ2n) is 7.77. The number of rotatable bonds is 6. The number of ether oxygens (including phenoxy) is 2. The highest BCUT2D eigenvalue weighted by molar-refractivity contribution is 5.89. The number of aromatic nitrogens is 5. The van der Waals surface area contributed by atoms with E-state index in [0.717, 1.165) is 40.9 Å². The molecule has 5 rings (SSSR count). The normalized spacial score (nSPS) is 14.6. The molecule has 0 aromatic carbocycles. The van der Waals surface area contributed by atoms with Crippen molar-refractivity contribution < 1.29 is 9.47 Å².